The number of ether oxygens (including phenoxy) is 1. The fraction of sp³-hybridized carbons (Fsp3) is 0.562. The Morgan fingerprint density at radius 2 is 2.08 bits per heavy atom. The smallest absolute Gasteiger partial charge is 0.257 e. The molecule has 134 valence electrons. The monoisotopic (exact) mass is 355 g/mol. The summed E-state index contributed by atoms with van der Waals surface area (Å²) in [5.74, 6) is 0.0398. The Bertz CT molecular complexity index is 733. The molecule has 1 heterocycles. The molecule has 2 N–H and O–H groups in total. The number of rotatable bonds is 5. The molecule has 1 aliphatic heterocycles. The van der Waals surface area contributed by atoms with Gasteiger partial charge in [0, 0.05) is 27.2 Å². The molecule has 0 bridgehead atoms. The summed E-state index contributed by atoms with van der Waals surface area (Å²) in [6.45, 7) is 3.23. The van der Waals surface area contributed by atoms with Crippen molar-refractivity contribution in [3.63, 3.8) is 0 Å². The van der Waals surface area contributed by atoms with Gasteiger partial charge >= 0.3 is 0 Å². The molecule has 0 aliphatic carbocycles. The Labute approximate surface area is 143 Å². The lowest BCUT2D eigenvalue weighted by Crippen LogP contribution is -2.34. The minimum atomic E-state index is -3.68. The molecular weight excluding hydrogens is 330 g/mol. The van der Waals surface area contributed by atoms with Gasteiger partial charge < -0.3 is 15.4 Å². The largest absolute Gasteiger partial charge is 0.496 e. The van der Waals surface area contributed by atoms with Crippen molar-refractivity contribution in [2.75, 3.05) is 40.8 Å². The number of nitrogens with two attached hydrogens (primary N) is 1. The van der Waals surface area contributed by atoms with Crippen molar-refractivity contribution < 1.29 is 17.9 Å². The second-order valence-corrected chi connectivity index (χ2v) is 8.60. The predicted molar refractivity (Wildman–Crippen MR) is 91.5 cm³/mol. The van der Waals surface area contributed by atoms with Gasteiger partial charge in [0.15, 0.2) is 0 Å². The Balaban J connectivity index is 2.41. The molecule has 1 atom stereocenters. The Hall–Kier alpha value is -1.64. The van der Waals surface area contributed by atoms with Gasteiger partial charge in [0.05, 0.1) is 17.6 Å². The van der Waals surface area contributed by atoms with Crippen molar-refractivity contribution in [1.82, 2.24) is 9.21 Å². The highest BCUT2D eigenvalue weighted by molar-refractivity contribution is 7.89. The van der Waals surface area contributed by atoms with E-state index < -0.39 is 10.0 Å². The number of carbonyl (C=O) groups excluding carboxylic acids is 1. The normalized spacial score (nSPS) is 21.7. The fourth-order valence-corrected chi connectivity index (χ4v) is 4.37. The molecule has 0 aromatic heterocycles. The van der Waals surface area contributed by atoms with E-state index in [9.17, 15) is 13.2 Å². The standard InChI is InChI=1S/C16H25N3O4S/c1-16(10-17)7-8-19(11-16)24(21,22)12-5-6-14(23-4)13(9-12)15(20)18(2)3/h5-6,9H,7-8,10-11,17H2,1-4H3. The molecular formula is C16H25N3O4S. The van der Waals surface area contributed by atoms with Crippen LogP contribution in [-0.2, 0) is 10.0 Å². The van der Waals surface area contributed by atoms with E-state index in [-0.39, 0.29) is 21.8 Å². The first-order chi connectivity index (χ1) is 11.1. The van der Waals surface area contributed by atoms with Crippen molar-refractivity contribution in [2.45, 2.75) is 18.2 Å². The first-order valence-electron chi connectivity index (χ1n) is 7.74. The van der Waals surface area contributed by atoms with Gasteiger partial charge in [-0.25, -0.2) is 8.42 Å². The molecule has 1 fully saturated rings. The van der Waals surface area contributed by atoms with Crippen molar-refractivity contribution in [3.05, 3.63) is 23.8 Å². The molecule has 1 saturated heterocycles. The lowest BCUT2D eigenvalue weighted by atomic mass is 9.90. The van der Waals surface area contributed by atoms with Crippen molar-refractivity contribution in [3.8, 4) is 5.75 Å². The maximum atomic E-state index is 12.9. The highest BCUT2D eigenvalue weighted by Crippen LogP contribution is 2.33. The summed E-state index contributed by atoms with van der Waals surface area (Å²) in [4.78, 5) is 13.8. The van der Waals surface area contributed by atoms with Crippen LogP contribution in [-0.4, -0.2) is 64.4 Å². The van der Waals surface area contributed by atoms with Crippen LogP contribution >= 0.6 is 0 Å². The number of amides is 1. The second kappa shape index (κ2) is 6.70. The van der Waals surface area contributed by atoms with Crippen LogP contribution in [0.2, 0.25) is 0 Å². The first-order valence-corrected chi connectivity index (χ1v) is 9.18. The topological polar surface area (TPSA) is 92.9 Å². The van der Waals surface area contributed by atoms with Crippen LogP contribution in [0, 0.1) is 5.41 Å². The summed E-state index contributed by atoms with van der Waals surface area (Å²) in [7, 11) is 0.987. The number of nitrogens with zero attached hydrogens (tertiary/aromatic N) is 2. The Kier molecular flexibility index (Phi) is 5.22. The number of carbonyl (C=O) groups is 1. The molecule has 0 saturated carbocycles. The number of hydrogen-bond donors (Lipinski definition) is 1. The SMILES string of the molecule is COc1ccc(S(=O)(=O)N2CCC(C)(CN)C2)cc1C(=O)N(C)C. The molecule has 2 rings (SSSR count). The fourth-order valence-electron chi connectivity index (χ4n) is 2.75. The van der Waals surface area contributed by atoms with E-state index in [1.807, 2.05) is 6.92 Å². The molecule has 1 aromatic carbocycles. The van der Waals surface area contributed by atoms with Gasteiger partial charge in [0.2, 0.25) is 10.0 Å². The summed E-state index contributed by atoms with van der Waals surface area (Å²) in [5.41, 5.74) is 5.78. The maximum Gasteiger partial charge on any atom is 0.257 e. The lowest BCUT2D eigenvalue weighted by Gasteiger charge is -2.23. The summed E-state index contributed by atoms with van der Waals surface area (Å²) >= 11 is 0. The van der Waals surface area contributed by atoms with Crippen LogP contribution in [0.15, 0.2) is 23.1 Å². The molecule has 1 amide bonds. The molecule has 8 heteroatoms. The zero-order valence-electron chi connectivity index (χ0n) is 14.6. The van der Waals surface area contributed by atoms with Gasteiger partial charge in [-0.2, -0.15) is 4.31 Å². The predicted octanol–water partition coefficient (Wildman–Crippen LogP) is 0.756. The second-order valence-electron chi connectivity index (χ2n) is 6.67. The molecule has 1 aliphatic rings. The van der Waals surface area contributed by atoms with Gasteiger partial charge in [-0.05, 0) is 36.6 Å². The summed E-state index contributed by atoms with van der Waals surface area (Å²) in [6.07, 6.45) is 0.725. The van der Waals surface area contributed by atoms with E-state index in [2.05, 4.69) is 0 Å². The summed E-state index contributed by atoms with van der Waals surface area (Å²) in [5, 5.41) is 0. The van der Waals surface area contributed by atoms with Gasteiger partial charge in [-0.3, -0.25) is 4.79 Å². The van der Waals surface area contributed by atoms with Crippen LogP contribution in [0.25, 0.3) is 0 Å². The molecule has 0 radical (unpaired) electrons. The number of methoxy groups -OCH3 is 1. The van der Waals surface area contributed by atoms with E-state index in [4.69, 9.17) is 10.5 Å². The highest BCUT2D eigenvalue weighted by Gasteiger charge is 2.39. The van der Waals surface area contributed by atoms with Crippen molar-refractivity contribution >= 4 is 15.9 Å². The number of sulfonamides is 1. The Morgan fingerprint density at radius 1 is 1.42 bits per heavy atom. The molecule has 24 heavy (non-hydrogen) atoms. The quantitative estimate of drug-likeness (QED) is 0.841. The highest BCUT2D eigenvalue weighted by atomic mass is 32.2. The van der Waals surface area contributed by atoms with Crippen molar-refractivity contribution in [2.24, 2.45) is 11.1 Å². The number of hydrogen-bond acceptors (Lipinski definition) is 5. The van der Waals surface area contributed by atoms with Crippen LogP contribution < -0.4 is 10.5 Å². The maximum absolute atomic E-state index is 12.9. The zero-order valence-corrected chi connectivity index (χ0v) is 15.4. The summed E-state index contributed by atoms with van der Waals surface area (Å²) < 4.78 is 32.4. The first kappa shape index (κ1) is 18.7. The van der Waals surface area contributed by atoms with Crippen LogP contribution in [0.3, 0.4) is 0 Å². The third kappa shape index (κ3) is 3.40. The third-order valence-electron chi connectivity index (χ3n) is 4.46. The van der Waals surface area contributed by atoms with Gasteiger partial charge in [0.1, 0.15) is 5.75 Å². The van der Waals surface area contributed by atoms with Crippen LogP contribution in [0.1, 0.15) is 23.7 Å². The molecule has 7 nitrogen and oxygen atoms in total. The van der Waals surface area contributed by atoms with E-state index in [1.54, 1.807) is 14.1 Å². The molecule has 1 aromatic rings. The lowest BCUT2D eigenvalue weighted by molar-refractivity contribution is 0.0824. The van der Waals surface area contributed by atoms with Crippen molar-refractivity contribution in [1.29, 1.82) is 0 Å². The zero-order chi connectivity index (χ0) is 18.1. The van der Waals surface area contributed by atoms with Gasteiger partial charge in [-0.15, -0.1) is 0 Å². The minimum Gasteiger partial charge on any atom is -0.496 e. The van der Waals surface area contributed by atoms with E-state index in [0.717, 1.165) is 6.42 Å². The Morgan fingerprint density at radius 3 is 2.58 bits per heavy atom. The average molecular weight is 355 g/mol. The number of benzene rings is 1. The summed E-state index contributed by atoms with van der Waals surface area (Å²) in [6, 6.07) is 4.37. The molecule has 0 spiro atoms. The molecule has 1 unspecified atom stereocenters. The minimum absolute atomic E-state index is 0.0924. The van der Waals surface area contributed by atoms with Crippen LogP contribution in [0.4, 0.5) is 0 Å². The van der Waals surface area contributed by atoms with E-state index in [1.165, 1.54) is 34.5 Å². The average Bonchev–Trinajstić information content (AvgIpc) is 2.97. The van der Waals surface area contributed by atoms with Crippen LogP contribution in [0.5, 0.6) is 5.75 Å². The third-order valence-corrected chi connectivity index (χ3v) is 6.30. The van der Waals surface area contributed by atoms with E-state index in [0.29, 0.717) is 25.4 Å². The van der Waals surface area contributed by atoms with Gasteiger partial charge in [0.25, 0.3) is 5.91 Å². The van der Waals surface area contributed by atoms with Gasteiger partial charge in [-0.1, -0.05) is 6.92 Å². The van der Waals surface area contributed by atoms with E-state index >= 15 is 0 Å².